The number of rotatable bonds is 6. The molecule has 18 heavy (non-hydrogen) atoms. The second kappa shape index (κ2) is 6.50. The van der Waals surface area contributed by atoms with Crippen LogP contribution in [0.3, 0.4) is 0 Å². The van der Waals surface area contributed by atoms with E-state index in [1.165, 1.54) is 18.2 Å². The summed E-state index contributed by atoms with van der Waals surface area (Å²) in [7, 11) is -3.49. The summed E-state index contributed by atoms with van der Waals surface area (Å²) in [4.78, 5) is 0.187. The number of aryl methyl sites for hydroxylation is 1. The molecule has 0 atom stereocenters. The smallest absolute Gasteiger partial charge is 0.240 e. The summed E-state index contributed by atoms with van der Waals surface area (Å²) in [6, 6.07) is 6.47. The Bertz CT molecular complexity index is 547. The molecule has 0 unspecified atom stereocenters. The predicted molar refractivity (Wildman–Crippen MR) is 69.4 cm³/mol. The van der Waals surface area contributed by atoms with Crippen LogP contribution in [0.5, 0.6) is 0 Å². The first kappa shape index (κ1) is 14.6. The van der Waals surface area contributed by atoms with Crippen molar-refractivity contribution >= 4 is 10.0 Å². The molecule has 0 saturated heterocycles. The van der Waals surface area contributed by atoms with Crippen LogP contribution in [-0.4, -0.2) is 21.5 Å². The first-order valence-electron chi connectivity index (χ1n) is 5.72. The molecule has 0 bridgehead atoms. The molecular formula is C12H17N3O2S. The van der Waals surface area contributed by atoms with E-state index in [1.807, 2.05) is 6.07 Å². The Morgan fingerprint density at radius 2 is 2.11 bits per heavy atom. The van der Waals surface area contributed by atoms with Gasteiger partial charge in [0.25, 0.3) is 0 Å². The normalized spacial score (nSPS) is 11.2. The minimum Gasteiger partial charge on any atom is -0.330 e. The second-order valence-corrected chi connectivity index (χ2v) is 5.75. The molecule has 0 aromatic heterocycles. The van der Waals surface area contributed by atoms with E-state index in [0.29, 0.717) is 30.6 Å². The average molecular weight is 267 g/mol. The second-order valence-electron chi connectivity index (χ2n) is 3.98. The summed E-state index contributed by atoms with van der Waals surface area (Å²) in [6.07, 6.45) is 1.50. The van der Waals surface area contributed by atoms with Gasteiger partial charge >= 0.3 is 0 Å². The van der Waals surface area contributed by atoms with Crippen LogP contribution in [0, 0.1) is 18.3 Å². The number of nitrogens with zero attached hydrogens (tertiary/aromatic N) is 1. The molecule has 0 amide bonds. The van der Waals surface area contributed by atoms with Crippen molar-refractivity contribution in [1.82, 2.24) is 4.72 Å². The Hall–Kier alpha value is -1.42. The van der Waals surface area contributed by atoms with Gasteiger partial charge in [-0.25, -0.2) is 13.1 Å². The van der Waals surface area contributed by atoms with E-state index in [1.54, 1.807) is 6.92 Å². The van der Waals surface area contributed by atoms with Gasteiger partial charge in [0.2, 0.25) is 10.0 Å². The third kappa shape index (κ3) is 3.81. The van der Waals surface area contributed by atoms with Crippen molar-refractivity contribution in [3.8, 4) is 6.07 Å². The standard InChI is InChI=1S/C12H17N3O2S/c1-10-8-12(5-4-11(10)9-14)18(16,17)15-7-3-2-6-13/h4-5,8,15H,2-3,6-7,13H2,1H3. The van der Waals surface area contributed by atoms with Crippen molar-refractivity contribution in [1.29, 1.82) is 5.26 Å². The highest BCUT2D eigenvalue weighted by atomic mass is 32.2. The van der Waals surface area contributed by atoms with Gasteiger partial charge in [-0.3, -0.25) is 0 Å². The maximum atomic E-state index is 11.9. The zero-order chi connectivity index (χ0) is 13.6. The fraction of sp³-hybridized carbons (Fsp3) is 0.417. The summed E-state index contributed by atoms with van der Waals surface area (Å²) < 4.78 is 26.4. The quantitative estimate of drug-likeness (QED) is 0.748. The Balaban J connectivity index is 2.80. The Kier molecular flexibility index (Phi) is 5.28. The molecule has 1 rings (SSSR count). The topological polar surface area (TPSA) is 96.0 Å². The van der Waals surface area contributed by atoms with Crippen LogP contribution in [-0.2, 0) is 10.0 Å². The third-order valence-electron chi connectivity index (χ3n) is 2.55. The number of nitrogens with two attached hydrogens (primary N) is 1. The molecule has 0 aliphatic carbocycles. The zero-order valence-electron chi connectivity index (χ0n) is 10.3. The molecule has 6 heteroatoms. The summed E-state index contributed by atoms with van der Waals surface area (Å²) in [5, 5.41) is 8.79. The maximum Gasteiger partial charge on any atom is 0.240 e. The minimum atomic E-state index is -3.49. The molecule has 0 aliphatic rings. The van der Waals surface area contributed by atoms with Crippen LogP contribution in [0.15, 0.2) is 23.1 Å². The molecule has 0 aliphatic heterocycles. The maximum absolute atomic E-state index is 11.9. The van der Waals surface area contributed by atoms with Gasteiger partial charge in [-0.15, -0.1) is 0 Å². The Morgan fingerprint density at radius 1 is 1.39 bits per heavy atom. The van der Waals surface area contributed by atoms with Crippen LogP contribution in [0.1, 0.15) is 24.0 Å². The van der Waals surface area contributed by atoms with E-state index in [4.69, 9.17) is 11.0 Å². The van der Waals surface area contributed by atoms with Gasteiger partial charge in [-0.05, 0) is 50.1 Å². The number of unbranched alkanes of at least 4 members (excludes halogenated alkanes) is 1. The van der Waals surface area contributed by atoms with Crippen LogP contribution < -0.4 is 10.5 Å². The predicted octanol–water partition coefficient (Wildman–Crippen LogP) is 0.884. The highest BCUT2D eigenvalue weighted by Crippen LogP contribution is 2.14. The van der Waals surface area contributed by atoms with E-state index in [0.717, 1.165) is 6.42 Å². The van der Waals surface area contributed by atoms with Crippen molar-refractivity contribution in [2.75, 3.05) is 13.1 Å². The van der Waals surface area contributed by atoms with Crippen molar-refractivity contribution in [3.63, 3.8) is 0 Å². The first-order chi connectivity index (χ1) is 8.51. The molecule has 1 aromatic rings. The lowest BCUT2D eigenvalue weighted by molar-refractivity contribution is 0.577. The van der Waals surface area contributed by atoms with Crippen molar-refractivity contribution in [2.24, 2.45) is 5.73 Å². The molecule has 5 nitrogen and oxygen atoms in total. The number of nitrogens with one attached hydrogen (secondary N) is 1. The lowest BCUT2D eigenvalue weighted by Crippen LogP contribution is -2.25. The van der Waals surface area contributed by atoms with Crippen LogP contribution in [0.2, 0.25) is 0 Å². The highest BCUT2D eigenvalue weighted by molar-refractivity contribution is 7.89. The number of nitriles is 1. The first-order valence-corrected chi connectivity index (χ1v) is 7.20. The zero-order valence-corrected chi connectivity index (χ0v) is 11.1. The van der Waals surface area contributed by atoms with Crippen LogP contribution >= 0.6 is 0 Å². The molecule has 0 spiro atoms. The average Bonchev–Trinajstić information content (AvgIpc) is 2.34. The van der Waals surface area contributed by atoms with Gasteiger partial charge in [0.05, 0.1) is 16.5 Å². The van der Waals surface area contributed by atoms with Gasteiger partial charge in [0.15, 0.2) is 0 Å². The van der Waals surface area contributed by atoms with E-state index in [2.05, 4.69) is 4.72 Å². The van der Waals surface area contributed by atoms with Crippen LogP contribution in [0.4, 0.5) is 0 Å². The van der Waals surface area contributed by atoms with Crippen molar-refractivity contribution in [3.05, 3.63) is 29.3 Å². The van der Waals surface area contributed by atoms with Crippen LogP contribution in [0.25, 0.3) is 0 Å². The van der Waals surface area contributed by atoms with E-state index < -0.39 is 10.0 Å². The van der Waals surface area contributed by atoms with Gasteiger partial charge < -0.3 is 5.73 Å². The largest absolute Gasteiger partial charge is 0.330 e. The molecule has 1 aromatic carbocycles. The number of hydrogen-bond acceptors (Lipinski definition) is 4. The van der Waals surface area contributed by atoms with Gasteiger partial charge in [0, 0.05) is 6.54 Å². The molecule has 0 heterocycles. The van der Waals surface area contributed by atoms with Gasteiger partial charge in [-0.2, -0.15) is 5.26 Å². The molecular weight excluding hydrogens is 250 g/mol. The lowest BCUT2D eigenvalue weighted by Gasteiger charge is -2.07. The van der Waals surface area contributed by atoms with E-state index in [9.17, 15) is 8.42 Å². The van der Waals surface area contributed by atoms with Crippen molar-refractivity contribution in [2.45, 2.75) is 24.7 Å². The number of benzene rings is 1. The number of sulfonamides is 1. The fourth-order valence-corrected chi connectivity index (χ4v) is 2.65. The van der Waals surface area contributed by atoms with Gasteiger partial charge in [-0.1, -0.05) is 0 Å². The Labute approximate surface area is 108 Å². The van der Waals surface area contributed by atoms with E-state index >= 15 is 0 Å². The highest BCUT2D eigenvalue weighted by Gasteiger charge is 2.14. The Morgan fingerprint density at radius 3 is 2.67 bits per heavy atom. The SMILES string of the molecule is Cc1cc(S(=O)(=O)NCCCCN)ccc1C#N. The lowest BCUT2D eigenvalue weighted by atomic mass is 10.1. The molecule has 0 radical (unpaired) electrons. The molecule has 98 valence electrons. The van der Waals surface area contributed by atoms with E-state index in [-0.39, 0.29) is 4.90 Å². The minimum absolute atomic E-state index is 0.187. The number of hydrogen-bond donors (Lipinski definition) is 2. The molecule has 0 fully saturated rings. The van der Waals surface area contributed by atoms with Gasteiger partial charge in [0.1, 0.15) is 0 Å². The summed E-state index contributed by atoms with van der Waals surface area (Å²) in [6.45, 7) is 2.64. The third-order valence-corrected chi connectivity index (χ3v) is 4.01. The monoisotopic (exact) mass is 267 g/mol. The summed E-state index contributed by atoms with van der Waals surface area (Å²) in [5.41, 5.74) is 6.47. The summed E-state index contributed by atoms with van der Waals surface area (Å²) in [5.74, 6) is 0. The summed E-state index contributed by atoms with van der Waals surface area (Å²) >= 11 is 0. The van der Waals surface area contributed by atoms with Crippen molar-refractivity contribution < 1.29 is 8.42 Å². The fourth-order valence-electron chi connectivity index (χ4n) is 1.49. The molecule has 0 saturated carbocycles. The molecule has 3 N–H and O–H groups in total.